The number of hydrogen-bond donors (Lipinski definition) is 2. The first-order valence-corrected chi connectivity index (χ1v) is 9.39. The van der Waals surface area contributed by atoms with Gasteiger partial charge in [0.2, 0.25) is 0 Å². The standard InChI is InChI=1S/C19H15BrF10N2O/c1-8-11(15(18(25,26)27)19(28,29)30)7-12(20)14(13(8)17(22,23)24)32-16(33)10(9(2)21)5-3-4-6-31/h3-5,7,15H,2,6,31H2,1H3,(H,32,33)/b4-3-,10-5+. The number of carbonyl (C=O) groups excluding carboxylic acids is 1. The molecule has 1 aromatic rings. The van der Waals surface area contributed by atoms with Crippen molar-refractivity contribution in [3.63, 3.8) is 0 Å². The molecule has 0 aromatic heterocycles. The van der Waals surface area contributed by atoms with Crippen molar-refractivity contribution in [1.82, 2.24) is 0 Å². The summed E-state index contributed by atoms with van der Waals surface area (Å²) in [6, 6.07) is 0.174. The maximum absolute atomic E-state index is 13.7. The van der Waals surface area contributed by atoms with E-state index in [1.807, 2.05) is 0 Å². The minimum absolute atomic E-state index is 0.0336. The third kappa shape index (κ3) is 7.06. The average molecular weight is 557 g/mol. The number of benzene rings is 1. The molecule has 184 valence electrons. The lowest BCUT2D eigenvalue weighted by atomic mass is 9.89. The van der Waals surface area contributed by atoms with E-state index in [1.54, 1.807) is 5.32 Å². The van der Waals surface area contributed by atoms with Gasteiger partial charge in [-0.3, -0.25) is 4.79 Å². The van der Waals surface area contributed by atoms with E-state index >= 15 is 0 Å². The zero-order chi connectivity index (χ0) is 25.9. The number of nitrogens with one attached hydrogen (secondary N) is 1. The van der Waals surface area contributed by atoms with Gasteiger partial charge in [-0.05, 0) is 46.1 Å². The van der Waals surface area contributed by atoms with Gasteiger partial charge in [0.15, 0.2) is 5.92 Å². The van der Waals surface area contributed by atoms with Gasteiger partial charge in [-0.25, -0.2) is 4.39 Å². The Hall–Kier alpha value is -2.35. The lowest BCUT2D eigenvalue weighted by molar-refractivity contribution is -0.253. The van der Waals surface area contributed by atoms with Crippen LogP contribution in [0.5, 0.6) is 0 Å². The number of hydrogen-bond acceptors (Lipinski definition) is 2. The molecular weight excluding hydrogens is 542 g/mol. The van der Waals surface area contributed by atoms with E-state index in [0.717, 1.165) is 12.2 Å². The number of anilines is 1. The third-order valence-electron chi connectivity index (χ3n) is 4.14. The van der Waals surface area contributed by atoms with Crippen LogP contribution in [0.1, 0.15) is 22.6 Å². The Bertz CT molecular complexity index is 961. The van der Waals surface area contributed by atoms with Crippen molar-refractivity contribution in [2.24, 2.45) is 5.73 Å². The van der Waals surface area contributed by atoms with E-state index in [-0.39, 0.29) is 12.6 Å². The Labute approximate surface area is 189 Å². The van der Waals surface area contributed by atoms with E-state index in [2.05, 4.69) is 22.5 Å². The van der Waals surface area contributed by atoms with Crippen molar-refractivity contribution < 1.29 is 48.7 Å². The predicted molar refractivity (Wildman–Crippen MR) is 104 cm³/mol. The van der Waals surface area contributed by atoms with Gasteiger partial charge < -0.3 is 11.1 Å². The van der Waals surface area contributed by atoms with Gasteiger partial charge in [0.05, 0.1) is 16.8 Å². The van der Waals surface area contributed by atoms with Gasteiger partial charge in [0, 0.05) is 11.0 Å². The summed E-state index contributed by atoms with van der Waals surface area (Å²) in [5, 5.41) is 1.68. The highest BCUT2D eigenvalue weighted by Gasteiger charge is 2.58. The second kappa shape index (κ2) is 10.3. The minimum atomic E-state index is -5.96. The Morgan fingerprint density at radius 2 is 1.67 bits per heavy atom. The molecule has 0 aliphatic rings. The second-order valence-electron chi connectivity index (χ2n) is 6.44. The Balaban J connectivity index is 3.80. The van der Waals surface area contributed by atoms with Crippen LogP contribution in [-0.2, 0) is 11.0 Å². The second-order valence-corrected chi connectivity index (χ2v) is 7.29. The summed E-state index contributed by atoms with van der Waals surface area (Å²) < 4.78 is 133. The largest absolute Gasteiger partial charge is 0.418 e. The molecule has 0 radical (unpaired) electrons. The average Bonchev–Trinajstić information content (AvgIpc) is 2.59. The summed E-state index contributed by atoms with van der Waals surface area (Å²) in [5.41, 5.74) is -2.00. The normalized spacial score (nSPS) is 13.7. The molecule has 3 nitrogen and oxygen atoms in total. The molecule has 1 rings (SSSR count). The van der Waals surface area contributed by atoms with Crippen molar-refractivity contribution in [3.8, 4) is 0 Å². The van der Waals surface area contributed by atoms with Gasteiger partial charge in [0.1, 0.15) is 5.83 Å². The van der Waals surface area contributed by atoms with Gasteiger partial charge in [0.25, 0.3) is 5.91 Å². The zero-order valence-electron chi connectivity index (χ0n) is 16.4. The molecule has 0 bridgehead atoms. The summed E-state index contributed by atoms with van der Waals surface area (Å²) in [7, 11) is 0. The van der Waals surface area contributed by atoms with Crippen molar-refractivity contribution in [1.29, 1.82) is 0 Å². The van der Waals surface area contributed by atoms with E-state index in [0.29, 0.717) is 6.92 Å². The van der Waals surface area contributed by atoms with E-state index < -0.39 is 68.6 Å². The van der Waals surface area contributed by atoms with Crippen molar-refractivity contribution in [2.45, 2.75) is 31.4 Å². The fraction of sp³-hybridized carbons (Fsp3) is 0.316. The predicted octanol–water partition coefficient (Wildman–Crippen LogP) is 6.85. The van der Waals surface area contributed by atoms with E-state index in [4.69, 9.17) is 5.73 Å². The lowest BCUT2D eigenvalue weighted by Crippen LogP contribution is -2.35. The SMILES string of the molecule is C=C(F)/C(=C\C=C/CN)C(=O)Nc1c(Br)cc(C(C(F)(F)F)C(F)(F)F)c(C)c1C(F)(F)F. The highest BCUT2D eigenvalue weighted by molar-refractivity contribution is 9.10. The van der Waals surface area contributed by atoms with E-state index in [9.17, 15) is 48.7 Å². The fourth-order valence-corrected chi connectivity index (χ4v) is 3.34. The number of allylic oxidation sites excluding steroid dienone is 2. The molecule has 0 spiro atoms. The summed E-state index contributed by atoms with van der Waals surface area (Å²) in [4.78, 5) is 12.3. The van der Waals surface area contributed by atoms with Gasteiger partial charge in [-0.2, -0.15) is 39.5 Å². The fourth-order valence-electron chi connectivity index (χ4n) is 2.80. The van der Waals surface area contributed by atoms with Gasteiger partial charge in [-0.15, -0.1) is 0 Å². The minimum Gasteiger partial charge on any atom is -0.327 e. The lowest BCUT2D eigenvalue weighted by Gasteiger charge is -2.28. The van der Waals surface area contributed by atoms with Crippen LogP contribution >= 0.6 is 15.9 Å². The van der Waals surface area contributed by atoms with Crippen LogP contribution in [0, 0.1) is 6.92 Å². The molecule has 0 saturated carbocycles. The number of nitrogens with two attached hydrogens (primary N) is 1. The molecule has 0 aliphatic heterocycles. The van der Waals surface area contributed by atoms with Crippen LogP contribution < -0.4 is 11.1 Å². The van der Waals surface area contributed by atoms with Crippen LogP contribution in [0.25, 0.3) is 0 Å². The third-order valence-corrected chi connectivity index (χ3v) is 4.76. The molecule has 33 heavy (non-hydrogen) atoms. The monoisotopic (exact) mass is 556 g/mol. The smallest absolute Gasteiger partial charge is 0.327 e. The zero-order valence-corrected chi connectivity index (χ0v) is 18.0. The van der Waals surface area contributed by atoms with Crippen LogP contribution in [0.3, 0.4) is 0 Å². The first kappa shape index (κ1) is 28.7. The van der Waals surface area contributed by atoms with Crippen LogP contribution in [-0.4, -0.2) is 24.8 Å². The molecule has 1 amide bonds. The maximum Gasteiger partial charge on any atom is 0.418 e. The maximum atomic E-state index is 13.7. The van der Waals surface area contributed by atoms with Gasteiger partial charge in [-0.1, -0.05) is 18.7 Å². The van der Waals surface area contributed by atoms with Crippen molar-refractivity contribution in [3.05, 3.63) is 63.4 Å². The molecule has 0 unspecified atom stereocenters. The first-order valence-electron chi connectivity index (χ1n) is 8.60. The molecule has 0 saturated heterocycles. The summed E-state index contributed by atoms with van der Waals surface area (Å²) in [6.45, 7) is 3.22. The molecular formula is C19H15BrF10N2O. The highest BCUT2D eigenvalue weighted by atomic mass is 79.9. The number of rotatable bonds is 6. The van der Waals surface area contributed by atoms with Gasteiger partial charge >= 0.3 is 18.5 Å². The quantitative estimate of drug-likeness (QED) is 0.229. The molecule has 1 aromatic carbocycles. The molecule has 3 N–H and O–H groups in total. The van der Waals surface area contributed by atoms with Crippen LogP contribution in [0.15, 0.2) is 46.7 Å². The Morgan fingerprint density at radius 1 is 1.15 bits per heavy atom. The Kier molecular flexibility index (Phi) is 8.94. The summed E-state index contributed by atoms with van der Waals surface area (Å²) in [5.74, 6) is -7.10. The Morgan fingerprint density at radius 3 is 2.06 bits per heavy atom. The number of alkyl halides is 9. The van der Waals surface area contributed by atoms with Crippen molar-refractivity contribution in [2.75, 3.05) is 11.9 Å². The summed E-state index contributed by atoms with van der Waals surface area (Å²) >= 11 is 2.49. The number of amides is 1. The number of halogens is 11. The first-order chi connectivity index (χ1) is 14.8. The molecule has 0 aliphatic carbocycles. The molecule has 0 heterocycles. The molecule has 0 fully saturated rings. The molecule has 14 heteroatoms. The van der Waals surface area contributed by atoms with Crippen LogP contribution in [0.2, 0.25) is 0 Å². The number of carbonyl (C=O) groups is 1. The highest BCUT2D eigenvalue weighted by Crippen LogP contribution is 2.51. The summed E-state index contributed by atoms with van der Waals surface area (Å²) in [6.07, 6.45) is -14.3. The van der Waals surface area contributed by atoms with E-state index in [1.165, 1.54) is 6.08 Å². The van der Waals surface area contributed by atoms with Crippen molar-refractivity contribution >= 4 is 27.5 Å². The topological polar surface area (TPSA) is 55.1 Å². The van der Waals surface area contributed by atoms with Crippen LogP contribution in [0.4, 0.5) is 49.6 Å². The molecule has 0 atom stereocenters.